The summed E-state index contributed by atoms with van der Waals surface area (Å²) in [6.45, 7) is 6.72. The molecule has 0 bridgehead atoms. The smallest absolute Gasteiger partial charge is 0.0207 e. The van der Waals surface area contributed by atoms with Gasteiger partial charge in [0, 0.05) is 11.0 Å². The molecule has 1 aliphatic heterocycles. The van der Waals surface area contributed by atoms with Crippen LogP contribution >= 0.6 is 15.9 Å². The fourth-order valence-electron chi connectivity index (χ4n) is 2.17. The summed E-state index contributed by atoms with van der Waals surface area (Å²) in [6.07, 6.45) is 1.28. The van der Waals surface area contributed by atoms with Crippen LogP contribution in [0, 0.1) is 13.8 Å². The molecule has 0 spiro atoms. The fraction of sp³-hybridized carbons (Fsp3) is 0.500. The first kappa shape index (κ1) is 10.2. The maximum Gasteiger partial charge on any atom is 0.0207 e. The zero-order chi connectivity index (χ0) is 10.1. The van der Waals surface area contributed by atoms with Crippen LogP contribution in [-0.2, 0) is 0 Å². The first-order chi connectivity index (χ1) is 6.70. The summed E-state index contributed by atoms with van der Waals surface area (Å²) in [7, 11) is 0. The average Bonchev–Trinajstić information content (AvgIpc) is 2.67. The van der Waals surface area contributed by atoms with E-state index in [0.29, 0.717) is 0 Å². The highest BCUT2D eigenvalue weighted by atomic mass is 79.9. The van der Waals surface area contributed by atoms with Crippen molar-refractivity contribution in [1.82, 2.24) is 5.32 Å². The van der Waals surface area contributed by atoms with Gasteiger partial charge >= 0.3 is 0 Å². The van der Waals surface area contributed by atoms with Gasteiger partial charge in [0.05, 0.1) is 0 Å². The second-order valence-electron chi connectivity index (χ2n) is 4.08. The van der Waals surface area contributed by atoms with Gasteiger partial charge in [-0.2, -0.15) is 0 Å². The van der Waals surface area contributed by atoms with Crippen LogP contribution in [0.15, 0.2) is 16.6 Å². The molecular weight excluding hydrogens is 238 g/mol. The third-order valence-electron chi connectivity index (χ3n) is 3.26. The Labute approximate surface area is 94.0 Å². The van der Waals surface area contributed by atoms with Crippen molar-refractivity contribution in [2.24, 2.45) is 0 Å². The third kappa shape index (κ3) is 1.73. The maximum atomic E-state index is 3.57. The largest absolute Gasteiger partial charge is 0.316 e. The van der Waals surface area contributed by atoms with Crippen molar-refractivity contribution in [3.05, 3.63) is 33.3 Å². The van der Waals surface area contributed by atoms with E-state index in [0.717, 1.165) is 12.5 Å². The molecule has 1 unspecified atom stereocenters. The maximum absolute atomic E-state index is 3.57. The Hall–Kier alpha value is -0.340. The molecule has 1 aromatic rings. The first-order valence-corrected chi connectivity index (χ1v) is 5.95. The van der Waals surface area contributed by atoms with E-state index in [1.54, 1.807) is 0 Å². The van der Waals surface area contributed by atoms with Gasteiger partial charge in [-0.3, -0.25) is 0 Å². The minimum absolute atomic E-state index is 0.724. The zero-order valence-electron chi connectivity index (χ0n) is 8.73. The Morgan fingerprint density at radius 1 is 1.29 bits per heavy atom. The van der Waals surface area contributed by atoms with Crippen LogP contribution in [0.1, 0.15) is 29.0 Å². The molecular formula is C12H16BrN. The molecule has 1 N–H and O–H groups in total. The predicted octanol–water partition coefficient (Wildman–Crippen LogP) is 3.14. The Balaban J connectivity index is 2.38. The van der Waals surface area contributed by atoms with Gasteiger partial charge < -0.3 is 5.32 Å². The molecule has 0 aromatic heterocycles. The fourth-order valence-corrected chi connectivity index (χ4v) is 2.60. The average molecular weight is 254 g/mol. The second kappa shape index (κ2) is 4.03. The van der Waals surface area contributed by atoms with E-state index in [1.165, 1.54) is 34.1 Å². The number of benzene rings is 1. The van der Waals surface area contributed by atoms with Crippen LogP contribution < -0.4 is 5.32 Å². The zero-order valence-corrected chi connectivity index (χ0v) is 10.3. The standard InChI is InChI=1S/C12H16BrN/c1-8-9(2)12(13)4-3-11(8)10-5-6-14-7-10/h3-4,10,14H,5-7H2,1-2H3. The van der Waals surface area contributed by atoms with E-state index in [1.807, 2.05) is 0 Å². The van der Waals surface area contributed by atoms with Crippen LogP contribution in [-0.4, -0.2) is 13.1 Å². The number of nitrogens with one attached hydrogen (secondary N) is 1. The van der Waals surface area contributed by atoms with Crippen LogP contribution in [0.4, 0.5) is 0 Å². The van der Waals surface area contributed by atoms with Gasteiger partial charge in [-0.05, 0) is 55.5 Å². The molecule has 2 heteroatoms. The molecule has 14 heavy (non-hydrogen) atoms. The van der Waals surface area contributed by atoms with Gasteiger partial charge in [-0.25, -0.2) is 0 Å². The summed E-state index contributed by atoms with van der Waals surface area (Å²) in [6, 6.07) is 4.44. The molecule has 2 rings (SSSR count). The summed E-state index contributed by atoms with van der Waals surface area (Å²) in [4.78, 5) is 0. The molecule has 0 amide bonds. The number of halogens is 1. The van der Waals surface area contributed by atoms with Crippen molar-refractivity contribution < 1.29 is 0 Å². The molecule has 1 heterocycles. The summed E-state index contributed by atoms with van der Waals surface area (Å²) >= 11 is 3.57. The van der Waals surface area contributed by atoms with E-state index < -0.39 is 0 Å². The van der Waals surface area contributed by atoms with Crippen molar-refractivity contribution >= 4 is 15.9 Å². The molecule has 0 aliphatic carbocycles. The molecule has 1 saturated heterocycles. The molecule has 1 aliphatic rings. The summed E-state index contributed by atoms with van der Waals surface area (Å²) < 4.78 is 1.23. The highest BCUT2D eigenvalue weighted by Crippen LogP contribution is 2.30. The molecule has 1 nitrogen and oxygen atoms in total. The lowest BCUT2D eigenvalue weighted by atomic mass is 9.92. The van der Waals surface area contributed by atoms with Crippen molar-refractivity contribution in [2.75, 3.05) is 13.1 Å². The van der Waals surface area contributed by atoms with Crippen LogP contribution in [0.25, 0.3) is 0 Å². The highest BCUT2D eigenvalue weighted by molar-refractivity contribution is 9.10. The minimum atomic E-state index is 0.724. The Morgan fingerprint density at radius 3 is 2.71 bits per heavy atom. The van der Waals surface area contributed by atoms with E-state index >= 15 is 0 Å². The summed E-state index contributed by atoms with van der Waals surface area (Å²) in [5.41, 5.74) is 4.36. The Morgan fingerprint density at radius 2 is 2.07 bits per heavy atom. The minimum Gasteiger partial charge on any atom is -0.316 e. The van der Waals surface area contributed by atoms with E-state index in [9.17, 15) is 0 Å². The van der Waals surface area contributed by atoms with Gasteiger partial charge in [-0.1, -0.05) is 22.0 Å². The van der Waals surface area contributed by atoms with E-state index in [2.05, 4.69) is 47.2 Å². The number of rotatable bonds is 1. The van der Waals surface area contributed by atoms with Crippen LogP contribution in [0.2, 0.25) is 0 Å². The molecule has 76 valence electrons. The molecule has 0 radical (unpaired) electrons. The monoisotopic (exact) mass is 253 g/mol. The van der Waals surface area contributed by atoms with E-state index in [-0.39, 0.29) is 0 Å². The van der Waals surface area contributed by atoms with Gasteiger partial charge in [0.2, 0.25) is 0 Å². The number of hydrogen-bond acceptors (Lipinski definition) is 1. The van der Waals surface area contributed by atoms with Gasteiger partial charge in [0.1, 0.15) is 0 Å². The van der Waals surface area contributed by atoms with Gasteiger partial charge in [0.25, 0.3) is 0 Å². The molecule has 0 saturated carbocycles. The Kier molecular flexibility index (Phi) is 2.93. The normalized spacial score (nSPS) is 21.5. The highest BCUT2D eigenvalue weighted by Gasteiger charge is 2.19. The van der Waals surface area contributed by atoms with Crippen molar-refractivity contribution in [1.29, 1.82) is 0 Å². The van der Waals surface area contributed by atoms with Gasteiger partial charge in [0.15, 0.2) is 0 Å². The number of hydrogen-bond donors (Lipinski definition) is 1. The molecule has 1 atom stereocenters. The lowest BCUT2D eigenvalue weighted by Gasteiger charge is -2.15. The topological polar surface area (TPSA) is 12.0 Å². The van der Waals surface area contributed by atoms with Crippen molar-refractivity contribution in [3.63, 3.8) is 0 Å². The summed E-state index contributed by atoms with van der Waals surface area (Å²) in [5, 5.41) is 3.42. The summed E-state index contributed by atoms with van der Waals surface area (Å²) in [5.74, 6) is 0.724. The SMILES string of the molecule is Cc1c(Br)ccc(C2CCNC2)c1C. The van der Waals surface area contributed by atoms with E-state index in [4.69, 9.17) is 0 Å². The lowest BCUT2D eigenvalue weighted by Crippen LogP contribution is -2.09. The van der Waals surface area contributed by atoms with Crippen LogP contribution in [0.5, 0.6) is 0 Å². The predicted molar refractivity (Wildman–Crippen MR) is 63.8 cm³/mol. The lowest BCUT2D eigenvalue weighted by molar-refractivity contribution is 0.755. The first-order valence-electron chi connectivity index (χ1n) is 5.16. The van der Waals surface area contributed by atoms with Crippen molar-refractivity contribution in [2.45, 2.75) is 26.2 Å². The molecule has 1 aromatic carbocycles. The third-order valence-corrected chi connectivity index (χ3v) is 4.12. The Bertz CT molecular complexity index is 340. The quantitative estimate of drug-likeness (QED) is 0.811. The van der Waals surface area contributed by atoms with Crippen LogP contribution in [0.3, 0.4) is 0 Å². The van der Waals surface area contributed by atoms with Gasteiger partial charge in [-0.15, -0.1) is 0 Å². The second-order valence-corrected chi connectivity index (χ2v) is 4.93. The molecule has 1 fully saturated rings. The van der Waals surface area contributed by atoms with Crippen molar-refractivity contribution in [3.8, 4) is 0 Å².